The molecule has 0 saturated carbocycles. The van der Waals surface area contributed by atoms with E-state index in [0.29, 0.717) is 5.75 Å². The minimum Gasteiger partial charge on any atom is -0.320 e. The second kappa shape index (κ2) is 11.8. The Bertz CT molecular complexity index is 1130. The summed E-state index contributed by atoms with van der Waals surface area (Å²) in [6.45, 7) is 0. The first-order valence-corrected chi connectivity index (χ1v) is 9.81. The van der Waals surface area contributed by atoms with E-state index in [4.69, 9.17) is 10.8 Å². The number of rotatable bonds is 9. The third-order valence-corrected chi connectivity index (χ3v) is 4.44. The predicted octanol–water partition coefficient (Wildman–Crippen LogP) is 6.23. The lowest BCUT2D eigenvalue weighted by Gasteiger charge is -1.99. The second-order valence-corrected chi connectivity index (χ2v) is 6.70. The van der Waals surface area contributed by atoms with Crippen LogP contribution in [0.25, 0.3) is 24.3 Å². The van der Waals surface area contributed by atoms with Crippen molar-refractivity contribution in [2.45, 2.75) is 0 Å². The molecule has 3 aromatic rings. The molecular weight excluding hydrogens is 404 g/mol. The van der Waals surface area contributed by atoms with Crippen molar-refractivity contribution in [2.24, 2.45) is 5.90 Å². The number of nitro benzene ring substituents is 1. The van der Waals surface area contributed by atoms with Crippen LogP contribution in [-0.2, 0) is 4.99 Å². The Morgan fingerprint density at radius 3 is 1.31 bits per heavy atom. The molecule has 0 bridgehead atoms. The van der Waals surface area contributed by atoms with Gasteiger partial charge in [0.25, 0.3) is 5.69 Å². The van der Waals surface area contributed by atoms with E-state index < -0.39 is 4.92 Å². The van der Waals surface area contributed by atoms with Crippen molar-refractivity contribution in [1.29, 1.82) is 0 Å². The molecule has 0 aliphatic heterocycles. The molecule has 0 unspecified atom stereocenters. The molecule has 0 aliphatic carbocycles. The Balaban J connectivity index is 1.50. The van der Waals surface area contributed by atoms with E-state index in [0.717, 1.165) is 22.3 Å². The highest BCUT2D eigenvalue weighted by atomic mass is 17.3. The van der Waals surface area contributed by atoms with Gasteiger partial charge in [-0.1, -0.05) is 90.0 Å². The third kappa shape index (κ3) is 7.21. The van der Waals surface area contributed by atoms with Crippen molar-refractivity contribution < 1.29 is 14.8 Å². The maximum atomic E-state index is 10.7. The molecule has 0 fully saturated rings. The van der Waals surface area contributed by atoms with E-state index in [1.165, 1.54) is 12.1 Å². The van der Waals surface area contributed by atoms with E-state index in [1.54, 1.807) is 24.3 Å². The summed E-state index contributed by atoms with van der Waals surface area (Å²) in [4.78, 5) is 19.1. The van der Waals surface area contributed by atoms with Gasteiger partial charge in [-0.3, -0.25) is 10.1 Å². The SMILES string of the molecule is NOOc1ccc(/C=C/C=C/c2ccc(/C=C/C=C/c3ccc([N+](=O)[O-])cc3)cc2)cc1. The van der Waals surface area contributed by atoms with Crippen LogP contribution in [-0.4, -0.2) is 4.92 Å². The van der Waals surface area contributed by atoms with Crippen LogP contribution in [0.1, 0.15) is 22.3 Å². The number of benzene rings is 3. The molecule has 0 spiro atoms. The number of nitrogens with zero attached hydrogens (tertiary/aromatic N) is 1. The van der Waals surface area contributed by atoms with E-state index in [-0.39, 0.29) is 5.69 Å². The normalized spacial score (nSPS) is 11.8. The highest BCUT2D eigenvalue weighted by molar-refractivity contribution is 5.61. The molecule has 0 saturated heterocycles. The molecule has 0 heterocycles. The van der Waals surface area contributed by atoms with Crippen molar-refractivity contribution >= 4 is 30.0 Å². The van der Waals surface area contributed by atoms with Gasteiger partial charge >= 0.3 is 0 Å². The molecule has 3 aromatic carbocycles. The van der Waals surface area contributed by atoms with E-state index in [9.17, 15) is 10.1 Å². The van der Waals surface area contributed by atoms with Gasteiger partial charge in [-0.25, -0.2) is 0 Å². The molecule has 2 N–H and O–H groups in total. The van der Waals surface area contributed by atoms with Gasteiger partial charge in [-0.05, 0) is 46.5 Å². The maximum Gasteiger partial charge on any atom is 0.269 e. The molecule has 6 nitrogen and oxygen atoms in total. The standard InChI is InChI=1S/C26H22N2O4/c27-32-31-26-19-15-24(16-20-26)8-4-2-6-22-11-9-21(10-12-22)5-1-3-7-23-13-17-25(18-14-23)28(29)30/h1-20H,27H2/b5-1+,6-2+,7-3+,8-4+. The van der Waals surface area contributed by atoms with Crippen molar-refractivity contribution in [3.05, 3.63) is 129 Å². The quantitative estimate of drug-likeness (QED) is 0.190. The molecule has 0 aromatic heterocycles. The van der Waals surface area contributed by atoms with Gasteiger partial charge in [0.2, 0.25) is 0 Å². The smallest absolute Gasteiger partial charge is 0.269 e. The van der Waals surface area contributed by atoms with Crippen LogP contribution in [0.5, 0.6) is 5.75 Å². The zero-order valence-corrected chi connectivity index (χ0v) is 17.2. The zero-order valence-electron chi connectivity index (χ0n) is 17.2. The van der Waals surface area contributed by atoms with Crippen molar-refractivity contribution in [3.63, 3.8) is 0 Å². The number of hydrogen-bond acceptors (Lipinski definition) is 5. The van der Waals surface area contributed by atoms with Gasteiger partial charge in [0.05, 0.1) is 4.92 Å². The Labute approximate surface area is 186 Å². The molecule has 3 rings (SSSR count). The fourth-order valence-corrected chi connectivity index (χ4v) is 2.78. The lowest BCUT2D eigenvalue weighted by molar-refractivity contribution is -0.384. The van der Waals surface area contributed by atoms with Crippen LogP contribution < -0.4 is 10.8 Å². The average molecular weight is 426 g/mol. The van der Waals surface area contributed by atoms with E-state index >= 15 is 0 Å². The van der Waals surface area contributed by atoms with Crippen molar-refractivity contribution in [1.82, 2.24) is 0 Å². The average Bonchev–Trinajstić information content (AvgIpc) is 2.82. The van der Waals surface area contributed by atoms with Gasteiger partial charge in [0.1, 0.15) is 0 Å². The maximum absolute atomic E-state index is 10.7. The Kier molecular flexibility index (Phi) is 8.27. The molecule has 0 radical (unpaired) electrons. The molecule has 0 aliphatic rings. The number of allylic oxidation sites excluding steroid dienone is 4. The largest absolute Gasteiger partial charge is 0.320 e. The lowest BCUT2D eigenvalue weighted by Crippen LogP contribution is -2.02. The zero-order chi connectivity index (χ0) is 22.6. The molecule has 32 heavy (non-hydrogen) atoms. The molecule has 160 valence electrons. The molecule has 0 atom stereocenters. The minimum absolute atomic E-state index is 0.0879. The monoisotopic (exact) mass is 426 g/mol. The van der Waals surface area contributed by atoms with Crippen molar-refractivity contribution in [3.8, 4) is 5.75 Å². The summed E-state index contributed by atoms with van der Waals surface area (Å²) in [5.74, 6) is 5.39. The molecule has 0 amide bonds. The summed E-state index contributed by atoms with van der Waals surface area (Å²) in [7, 11) is 0. The predicted molar refractivity (Wildman–Crippen MR) is 128 cm³/mol. The van der Waals surface area contributed by atoms with Crippen LogP contribution >= 0.6 is 0 Å². The highest BCUT2D eigenvalue weighted by Crippen LogP contribution is 2.14. The van der Waals surface area contributed by atoms with Gasteiger partial charge in [-0.2, -0.15) is 5.90 Å². The lowest BCUT2D eigenvalue weighted by atomic mass is 10.1. The summed E-state index contributed by atoms with van der Waals surface area (Å²) in [6, 6.07) is 21.9. The van der Waals surface area contributed by atoms with Crippen LogP contribution in [0.3, 0.4) is 0 Å². The van der Waals surface area contributed by atoms with Crippen LogP contribution in [0.4, 0.5) is 5.69 Å². The third-order valence-electron chi connectivity index (χ3n) is 4.44. The van der Waals surface area contributed by atoms with Gasteiger partial charge < -0.3 is 4.89 Å². The summed E-state index contributed by atoms with van der Waals surface area (Å²) < 4.78 is 0. The Morgan fingerprint density at radius 2 is 0.969 bits per heavy atom. The van der Waals surface area contributed by atoms with Crippen molar-refractivity contribution in [2.75, 3.05) is 0 Å². The van der Waals surface area contributed by atoms with Gasteiger partial charge in [0.15, 0.2) is 5.75 Å². The van der Waals surface area contributed by atoms with Gasteiger partial charge in [-0.15, -0.1) is 0 Å². The van der Waals surface area contributed by atoms with E-state index in [2.05, 4.69) is 4.99 Å². The number of nitrogens with two attached hydrogens (primary N) is 1. The molecule has 6 heteroatoms. The Morgan fingerprint density at radius 1 is 0.625 bits per heavy atom. The second-order valence-electron chi connectivity index (χ2n) is 6.70. The summed E-state index contributed by atoms with van der Waals surface area (Å²) in [5.41, 5.74) is 4.20. The summed E-state index contributed by atoms with van der Waals surface area (Å²) in [6.07, 6.45) is 15.7. The highest BCUT2D eigenvalue weighted by Gasteiger charge is 2.01. The first-order chi connectivity index (χ1) is 15.6. The number of hydrogen-bond donors (Lipinski definition) is 1. The fraction of sp³-hybridized carbons (Fsp3) is 0. The van der Waals surface area contributed by atoms with Gasteiger partial charge in [0, 0.05) is 12.1 Å². The van der Waals surface area contributed by atoms with Crippen LogP contribution in [0.15, 0.2) is 97.1 Å². The fourth-order valence-electron chi connectivity index (χ4n) is 2.78. The Hall–Kier alpha value is -4.26. The van der Waals surface area contributed by atoms with Crippen LogP contribution in [0, 0.1) is 10.1 Å². The number of non-ortho nitro benzene ring substituents is 1. The van der Waals surface area contributed by atoms with Crippen LogP contribution in [0.2, 0.25) is 0 Å². The number of nitro groups is 1. The summed E-state index contributed by atoms with van der Waals surface area (Å²) >= 11 is 0. The first-order valence-electron chi connectivity index (χ1n) is 9.81. The molecular formula is C26H22N2O4. The first kappa shape index (κ1) is 22.4. The summed E-state index contributed by atoms with van der Waals surface area (Å²) in [5, 5.41) is 10.7. The minimum atomic E-state index is -0.406. The topological polar surface area (TPSA) is 87.6 Å². The van der Waals surface area contributed by atoms with E-state index in [1.807, 2.05) is 85.0 Å².